The lowest BCUT2D eigenvalue weighted by molar-refractivity contribution is -0.131. The molecule has 0 heterocycles. The number of hydrogen-bond donors (Lipinski definition) is 2. The van der Waals surface area contributed by atoms with Gasteiger partial charge in [0.25, 0.3) is 0 Å². The highest BCUT2D eigenvalue weighted by atomic mass is 32.2. The molecule has 7 heteroatoms. The summed E-state index contributed by atoms with van der Waals surface area (Å²) in [6.45, 7) is 5.65. The summed E-state index contributed by atoms with van der Waals surface area (Å²) in [6.07, 6.45) is 1.22. The van der Waals surface area contributed by atoms with Crippen molar-refractivity contribution in [2.45, 2.75) is 55.7 Å². The summed E-state index contributed by atoms with van der Waals surface area (Å²) >= 11 is 0. The molecule has 2 amide bonds. The van der Waals surface area contributed by atoms with Crippen LogP contribution in [0.15, 0.2) is 29.2 Å². The molecule has 0 aliphatic heterocycles. The summed E-state index contributed by atoms with van der Waals surface area (Å²) in [4.78, 5) is 24.6. The standard InChI is InChI=1S/C17H24N2O4S/c1-4-18-15(20)13(3)19-16(21)17(10-5-11-17)24(22,23)14-8-6-12(2)7-9-14/h6-9,13H,4-5,10-11H2,1-3H3,(H,18,20)(H,19,21)/t13-/m1/s1. The summed E-state index contributed by atoms with van der Waals surface area (Å²) in [6, 6.07) is 5.72. The van der Waals surface area contributed by atoms with Gasteiger partial charge in [-0.3, -0.25) is 9.59 Å². The molecule has 132 valence electrons. The van der Waals surface area contributed by atoms with Crippen molar-refractivity contribution in [2.75, 3.05) is 6.54 Å². The smallest absolute Gasteiger partial charge is 0.242 e. The fourth-order valence-electron chi connectivity index (χ4n) is 2.78. The van der Waals surface area contributed by atoms with Gasteiger partial charge in [0.05, 0.1) is 4.90 Å². The van der Waals surface area contributed by atoms with E-state index in [0.717, 1.165) is 5.56 Å². The highest BCUT2D eigenvalue weighted by Crippen LogP contribution is 2.43. The summed E-state index contributed by atoms with van der Waals surface area (Å²) in [5.74, 6) is -0.916. The van der Waals surface area contributed by atoms with Crippen LogP contribution in [0.2, 0.25) is 0 Å². The third-order valence-corrected chi connectivity index (χ3v) is 7.03. The Kier molecular flexibility index (Phi) is 5.32. The molecular formula is C17H24N2O4S. The van der Waals surface area contributed by atoms with Gasteiger partial charge < -0.3 is 10.6 Å². The average Bonchev–Trinajstić information content (AvgIpc) is 2.46. The van der Waals surface area contributed by atoms with Gasteiger partial charge in [0.1, 0.15) is 6.04 Å². The molecule has 24 heavy (non-hydrogen) atoms. The monoisotopic (exact) mass is 352 g/mol. The zero-order chi connectivity index (χ0) is 18.0. The van der Waals surface area contributed by atoms with E-state index in [-0.39, 0.29) is 23.6 Å². The maximum absolute atomic E-state index is 13.0. The average molecular weight is 352 g/mol. The van der Waals surface area contributed by atoms with Crippen LogP contribution in [0, 0.1) is 6.92 Å². The number of sulfone groups is 1. The van der Waals surface area contributed by atoms with E-state index in [0.29, 0.717) is 13.0 Å². The summed E-state index contributed by atoms with van der Waals surface area (Å²) < 4.78 is 24.5. The number of carbonyl (C=O) groups is 2. The van der Waals surface area contributed by atoms with Gasteiger partial charge in [-0.15, -0.1) is 0 Å². The van der Waals surface area contributed by atoms with Crippen molar-refractivity contribution in [2.24, 2.45) is 0 Å². The zero-order valence-corrected chi connectivity index (χ0v) is 15.1. The normalized spacial score (nSPS) is 17.5. The van der Waals surface area contributed by atoms with Crippen LogP contribution in [0.1, 0.15) is 38.7 Å². The molecule has 0 unspecified atom stereocenters. The van der Waals surface area contributed by atoms with Crippen LogP contribution in [0.5, 0.6) is 0 Å². The minimum absolute atomic E-state index is 0.147. The quantitative estimate of drug-likeness (QED) is 0.808. The molecule has 0 aromatic heterocycles. The third-order valence-electron chi connectivity index (χ3n) is 4.51. The van der Waals surface area contributed by atoms with Gasteiger partial charge in [-0.05, 0) is 52.2 Å². The molecular weight excluding hydrogens is 328 g/mol. The highest BCUT2D eigenvalue weighted by molar-refractivity contribution is 7.93. The molecule has 0 saturated heterocycles. The van der Waals surface area contributed by atoms with Crippen LogP contribution in [0.3, 0.4) is 0 Å². The van der Waals surface area contributed by atoms with E-state index in [1.807, 2.05) is 6.92 Å². The maximum atomic E-state index is 13.0. The van der Waals surface area contributed by atoms with Gasteiger partial charge in [-0.2, -0.15) is 0 Å². The molecule has 2 N–H and O–H groups in total. The molecule has 1 atom stereocenters. The second kappa shape index (κ2) is 6.93. The molecule has 1 saturated carbocycles. The minimum Gasteiger partial charge on any atom is -0.355 e. The SMILES string of the molecule is CCNC(=O)[C@@H](C)NC(=O)C1(S(=O)(=O)c2ccc(C)cc2)CCC1. The summed E-state index contributed by atoms with van der Waals surface area (Å²) in [5, 5.41) is 5.18. The predicted octanol–water partition coefficient (Wildman–Crippen LogP) is 1.33. The van der Waals surface area contributed by atoms with Gasteiger partial charge in [0, 0.05) is 6.54 Å². The number of nitrogens with one attached hydrogen (secondary N) is 2. The van der Waals surface area contributed by atoms with Crippen molar-refractivity contribution in [1.82, 2.24) is 10.6 Å². The van der Waals surface area contributed by atoms with E-state index in [4.69, 9.17) is 0 Å². The number of benzene rings is 1. The van der Waals surface area contributed by atoms with Crippen molar-refractivity contribution in [3.8, 4) is 0 Å². The first-order chi connectivity index (χ1) is 11.2. The number of likely N-dealkylation sites (N-methyl/N-ethyl adjacent to an activating group) is 1. The van der Waals surface area contributed by atoms with Crippen molar-refractivity contribution in [3.05, 3.63) is 29.8 Å². The first-order valence-corrected chi connectivity index (χ1v) is 9.63. The van der Waals surface area contributed by atoms with Crippen LogP contribution in [0.25, 0.3) is 0 Å². The molecule has 6 nitrogen and oxygen atoms in total. The Morgan fingerprint density at radius 3 is 2.25 bits per heavy atom. The maximum Gasteiger partial charge on any atom is 0.242 e. The number of rotatable bonds is 6. The molecule has 1 aliphatic carbocycles. The number of amides is 2. The molecule has 1 fully saturated rings. The third kappa shape index (κ3) is 3.17. The van der Waals surface area contributed by atoms with Crippen LogP contribution in [-0.4, -0.2) is 37.6 Å². The lowest BCUT2D eigenvalue weighted by atomic mass is 9.83. The second-order valence-electron chi connectivity index (χ2n) is 6.25. The lowest BCUT2D eigenvalue weighted by Crippen LogP contribution is -2.60. The van der Waals surface area contributed by atoms with Crippen LogP contribution in [-0.2, 0) is 19.4 Å². The lowest BCUT2D eigenvalue weighted by Gasteiger charge is -2.39. The Balaban J connectivity index is 2.26. The van der Waals surface area contributed by atoms with Crippen LogP contribution < -0.4 is 10.6 Å². The first-order valence-electron chi connectivity index (χ1n) is 8.14. The molecule has 0 bridgehead atoms. The Bertz CT molecular complexity index is 721. The summed E-state index contributed by atoms with van der Waals surface area (Å²) in [5.41, 5.74) is 0.950. The van der Waals surface area contributed by atoms with E-state index < -0.39 is 26.5 Å². The van der Waals surface area contributed by atoms with Crippen molar-refractivity contribution in [3.63, 3.8) is 0 Å². The number of carbonyl (C=O) groups excluding carboxylic acids is 2. The Labute approximate surface area is 142 Å². The van der Waals surface area contributed by atoms with Crippen molar-refractivity contribution in [1.29, 1.82) is 0 Å². The van der Waals surface area contributed by atoms with Gasteiger partial charge in [-0.1, -0.05) is 17.7 Å². The molecule has 1 aliphatic rings. The van der Waals surface area contributed by atoms with Gasteiger partial charge in [-0.25, -0.2) is 8.42 Å². The van der Waals surface area contributed by atoms with Crippen molar-refractivity contribution < 1.29 is 18.0 Å². The topological polar surface area (TPSA) is 92.3 Å². The Hall–Kier alpha value is -1.89. The molecule has 1 aromatic carbocycles. The highest BCUT2D eigenvalue weighted by Gasteiger charge is 2.55. The van der Waals surface area contributed by atoms with Crippen LogP contribution in [0.4, 0.5) is 0 Å². The van der Waals surface area contributed by atoms with E-state index in [1.54, 1.807) is 26.0 Å². The largest absolute Gasteiger partial charge is 0.355 e. The Morgan fingerprint density at radius 1 is 1.21 bits per heavy atom. The molecule has 2 rings (SSSR count). The minimum atomic E-state index is -3.81. The fraction of sp³-hybridized carbons (Fsp3) is 0.529. The van der Waals surface area contributed by atoms with Gasteiger partial charge in [0.15, 0.2) is 14.6 Å². The van der Waals surface area contributed by atoms with E-state index >= 15 is 0 Å². The molecule has 0 radical (unpaired) electrons. The predicted molar refractivity (Wildman–Crippen MR) is 91.2 cm³/mol. The fourth-order valence-corrected chi connectivity index (χ4v) is 4.85. The number of aryl methyl sites for hydroxylation is 1. The second-order valence-corrected chi connectivity index (χ2v) is 8.51. The summed E-state index contributed by atoms with van der Waals surface area (Å²) in [7, 11) is -3.81. The van der Waals surface area contributed by atoms with E-state index in [9.17, 15) is 18.0 Å². The molecule has 0 spiro atoms. The van der Waals surface area contributed by atoms with Crippen molar-refractivity contribution >= 4 is 21.7 Å². The van der Waals surface area contributed by atoms with Gasteiger partial charge in [0.2, 0.25) is 11.8 Å². The molecule has 1 aromatic rings. The first kappa shape index (κ1) is 18.4. The van der Waals surface area contributed by atoms with Crippen LogP contribution >= 0.6 is 0 Å². The zero-order valence-electron chi connectivity index (χ0n) is 14.3. The Morgan fingerprint density at radius 2 is 1.79 bits per heavy atom. The van der Waals surface area contributed by atoms with E-state index in [1.165, 1.54) is 12.1 Å². The number of hydrogen-bond acceptors (Lipinski definition) is 4. The van der Waals surface area contributed by atoms with Gasteiger partial charge >= 0.3 is 0 Å². The van der Waals surface area contributed by atoms with E-state index in [2.05, 4.69) is 10.6 Å².